The lowest BCUT2D eigenvalue weighted by atomic mass is 9.85. The van der Waals surface area contributed by atoms with E-state index in [0.717, 1.165) is 29.9 Å². The van der Waals surface area contributed by atoms with Gasteiger partial charge in [-0.15, -0.1) is 0 Å². The van der Waals surface area contributed by atoms with Gasteiger partial charge < -0.3 is 20.1 Å². The number of hydrogen-bond acceptors (Lipinski definition) is 5. The van der Waals surface area contributed by atoms with Crippen LogP contribution in [-0.2, 0) is 16.0 Å². The van der Waals surface area contributed by atoms with Crippen LogP contribution in [0.1, 0.15) is 12.0 Å². The smallest absolute Gasteiger partial charge is 0.233 e. The van der Waals surface area contributed by atoms with Gasteiger partial charge in [0, 0.05) is 26.7 Å². The van der Waals surface area contributed by atoms with Crippen molar-refractivity contribution in [2.75, 3.05) is 40.9 Å². The second-order valence-corrected chi connectivity index (χ2v) is 8.18. The topological polar surface area (TPSA) is 92.3 Å². The zero-order valence-corrected chi connectivity index (χ0v) is 18.3. The van der Waals surface area contributed by atoms with Crippen LogP contribution in [-0.4, -0.2) is 63.6 Å². The lowest BCUT2D eigenvalue weighted by molar-refractivity contribution is -0.140. The van der Waals surface area contributed by atoms with Crippen molar-refractivity contribution in [2.24, 2.45) is 28.7 Å². The Hall–Kier alpha value is -3.03. The van der Waals surface area contributed by atoms with E-state index in [0.29, 0.717) is 25.6 Å². The van der Waals surface area contributed by atoms with Crippen molar-refractivity contribution in [1.82, 2.24) is 15.5 Å². The summed E-state index contributed by atoms with van der Waals surface area (Å²) in [6.45, 7) is 1.46. The number of likely N-dealkylation sites (tertiary alicyclic amines) is 1. The quantitative estimate of drug-likeness (QED) is 0.281. The summed E-state index contributed by atoms with van der Waals surface area (Å²) < 4.78 is 10.7. The van der Waals surface area contributed by atoms with Crippen LogP contribution in [0, 0.1) is 23.7 Å². The van der Waals surface area contributed by atoms with Crippen molar-refractivity contribution >= 4 is 17.8 Å². The predicted octanol–water partition coefficient (Wildman–Crippen LogP) is 1.22. The molecule has 4 atom stereocenters. The minimum atomic E-state index is -0.141. The van der Waals surface area contributed by atoms with Crippen molar-refractivity contribution in [3.05, 3.63) is 35.9 Å². The molecule has 0 aromatic heterocycles. The van der Waals surface area contributed by atoms with Gasteiger partial charge in [-0.3, -0.25) is 19.5 Å². The van der Waals surface area contributed by atoms with E-state index in [9.17, 15) is 9.59 Å². The van der Waals surface area contributed by atoms with Crippen molar-refractivity contribution < 1.29 is 19.1 Å². The Balaban J connectivity index is 1.25. The molecule has 1 saturated carbocycles. The number of carbonyl (C=O) groups is 2. The number of carbonyl (C=O) groups excluding carboxylic acids is 2. The van der Waals surface area contributed by atoms with Crippen LogP contribution in [0.15, 0.2) is 35.3 Å². The fraction of sp³-hybridized carbons (Fsp3) is 0.522. The third kappa shape index (κ3) is 3.98. The molecule has 3 aliphatic rings. The molecule has 2 amide bonds. The van der Waals surface area contributed by atoms with E-state index in [1.807, 2.05) is 18.2 Å². The van der Waals surface area contributed by atoms with Gasteiger partial charge in [0.25, 0.3) is 0 Å². The van der Waals surface area contributed by atoms with Gasteiger partial charge >= 0.3 is 0 Å². The monoisotopic (exact) mass is 426 g/mol. The average molecular weight is 427 g/mol. The number of imide groups is 1. The number of nitrogens with one attached hydrogen (secondary N) is 2. The SMILES string of the molecule is CN=C(NCCc1cc(OC)ccc1OC)NCCN1C(=O)C2C3C=CC(C3)C2C1=O. The van der Waals surface area contributed by atoms with Gasteiger partial charge in [0.05, 0.1) is 26.1 Å². The summed E-state index contributed by atoms with van der Waals surface area (Å²) in [7, 11) is 4.98. The molecule has 1 saturated heterocycles. The highest BCUT2D eigenvalue weighted by molar-refractivity contribution is 6.06. The molecule has 31 heavy (non-hydrogen) atoms. The number of nitrogens with zero attached hydrogens (tertiary/aromatic N) is 2. The summed E-state index contributed by atoms with van der Waals surface area (Å²) in [5.74, 6) is 2.40. The number of aliphatic imine (C=N–C) groups is 1. The maximum absolute atomic E-state index is 12.7. The molecule has 166 valence electrons. The molecule has 8 heteroatoms. The Morgan fingerprint density at radius 1 is 1.06 bits per heavy atom. The van der Waals surface area contributed by atoms with E-state index in [1.54, 1.807) is 21.3 Å². The number of ether oxygens (including phenoxy) is 2. The molecule has 2 fully saturated rings. The molecule has 0 radical (unpaired) electrons. The minimum Gasteiger partial charge on any atom is -0.497 e. The Morgan fingerprint density at radius 2 is 1.74 bits per heavy atom. The van der Waals surface area contributed by atoms with Crippen LogP contribution in [0.4, 0.5) is 0 Å². The Labute approximate surface area is 182 Å². The molecular formula is C23H30N4O4. The lowest BCUT2D eigenvalue weighted by Gasteiger charge is -2.19. The molecular weight excluding hydrogens is 396 g/mol. The number of guanidine groups is 1. The first-order chi connectivity index (χ1) is 15.1. The molecule has 1 heterocycles. The van der Waals surface area contributed by atoms with Crippen molar-refractivity contribution in [2.45, 2.75) is 12.8 Å². The van der Waals surface area contributed by atoms with Gasteiger partial charge in [0.1, 0.15) is 11.5 Å². The first kappa shape index (κ1) is 21.2. The number of benzene rings is 1. The molecule has 8 nitrogen and oxygen atoms in total. The predicted molar refractivity (Wildman–Crippen MR) is 117 cm³/mol. The van der Waals surface area contributed by atoms with Gasteiger partial charge in [-0.05, 0) is 48.4 Å². The van der Waals surface area contributed by atoms with E-state index < -0.39 is 0 Å². The standard InChI is InChI=1S/C23H30N4O4/c1-24-23(25-9-8-14-13-17(30-2)6-7-18(14)31-3)26-10-11-27-21(28)19-15-4-5-16(12-15)20(19)22(27)29/h4-7,13,15-16,19-20H,8-12H2,1-3H3,(H2,24,25,26). The van der Waals surface area contributed by atoms with Crippen molar-refractivity contribution in [3.8, 4) is 11.5 Å². The van der Waals surface area contributed by atoms with Crippen LogP contribution < -0.4 is 20.1 Å². The van der Waals surface area contributed by atoms with Gasteiger partial charge in [0.2, 0.25) is 11.8 Å². The minimum absolute atomic E-state index is 0.0123. The summed E-state index contributed by atoms with van der Waals surface area (Å²) in [5.41, 5.74) is 1.04. The number of allylic oxidation sites excluding steroid dienone is 2. The molecule has 1 aliphatic heterocycles. The van der Waals surface area contributed by atoms with Gasteiger partial charge in [-0.1, -0.05) is 12.2 Å². The van der Waals surface area contributed by atoms with E-state index >= 15 is 0 Å². The molecule has 1 aromatic carbocycles. The molecule has 2 N–H and O–H groups in total. The first-order valence-electron chi connectivity index (χ1n) is 10.8. The number of fused-ring (bicyclic) bond motifs is 5. The number of methoxy groups -OCH3 is 2. The highest BCUT2D eigenvalue weighted by atomic mass is 16.5. The summed E-state index contributed by atoms with van der Waals surface area (Å²) in [4.78, 5) is 31.2. The molecule has 0 spiro atoms. The third-order valence-corrected chi connectivity index (χ3v) is 6.59. The summed E-state index contributed by atoms with van der Waals surface area (Å²) in [6.07, 6.45) is 5.90. The van der Waals surface area contributed by atoms with E-state index in [4.69, 9.17) is 9.47 Å². The zero-order valence-electron chi connectivity index (χ0n) is 18.3. The fourth-order valence-electron chi connectivity index (χ4n) is 5.08. The van der Waals surface area contributed by atoms with Gasteiger partial charge in [0.15, 0.2) is 5.96 Å². The van der Waals surface area contributed by atoms with E-state index in [1.165, 1.54) is 4.90 Å². The van der Waals surface area contributed by atoms with E-state index in [-0.39, 0.29) is 35.5 Å². The van der Waals surface area contributed by atoms with Gasteiger partial charge in [-0.2, -0.15) is 0 Å². The lowest BCUT2D eigenvalue weighted by Crippen LogP contribution is -2.44. The summed E-state index contributed by atoms with van der Waals surface area (Å²) in [6, 6.07) is 5.72. The Kier molecular flexibility index (Phi) is 6.15. The maximum Gasteiger partial charge on any atom is 0.233 e. The highest BCUT2D eigenvalue weighted by Crippen LogP contribution is 2.52. The third-order valence-electron chi connectivity index (χ3n) is 6.59. The zero-order chi connectivity index (χ0) is 22.0. The van der Waals surface area contributed by atoms with Gasteiger partial charge in [-0.25, -0.2) is 0 Å². The van der Waals surface area contributed by atoms with Crippen molar-refractivity contribution in [1.29, 1.82) is 0 Å². The molecule has 1 aromatic rings. The molecule has 4 unspecified atom stereocenters. The van der Waals surface area contributed by atoms with Crippen LogP contribution in [0.5, 0.6) is 11.5 Å². The molecule has 4 rings (SSSR count). The Bertz CT molecular complexity index is 883. The molecule has 2 bridgehead atoms. The second kappa shape index (κ2) is 8.99. The second-order valence-electron chi connectivity index (χ2n) is 8.18. The number of amides is 2. The average Bonchev–Trinajstić information content (AvgIpc) is 3.47. The van der Waals surface area contributed by atoms with Crippen LogP contribution >= 0.6 is 0 Å². The first-order valence-corrected chi connectivity index (χ1v) is 10.8. The van der Waals surface area contributed by atoms with Crippen LogP contribution in [0.2, 0.25) is 0 Å². The normalized spacial score (nSPS) is 26.4. The van der Waals surface area contributed by atoms with Crippen molar-refractivity contribution in [3.63, 3.8) is 0 Å². The molecule has 2 aliphatic carbocycles. The maximum atomic E-state index is 12.7. The number of rotatable bonds is 8. The fourth-order valence-corrected chi connectivity index (χ4v) is 5.08. The van der Waals surface area contributed by atoms with E-state index in [2.05, 4.69) is 27.8 Å². The van der Waals surface area contributed by atoms with Crippen LogP contribution in [0.25, 0.3) is 0 Å². The largest absolute Gasteiger partial charge is 0.497 e. The van der Waals surface area contributed by atoms with Crippen LogP contribution in [0.3, 0.4) is 0 Å². The highest BCUT2D eigenvalue weighted by Gasteiger charge is 2.58. The summed E-state index contributed by atoms with van der Waals surface area (Å²) >= 11 is 0. The number of hydrogen-bond donors (Lipinski definition) is 2. The Morgan fingerprint density at radius 3 is 2.35 bits per heavy atom. The summed E-state index contributed by atoms with van der Waals surface area (Å²) in [5, 5.41) is 6.46.